The number of nitrogens with one attached hydrogen (secondary N) is 1. The fourth-order valence-corrected chi connectivity index (χ4v) is 5.34. The van der Waals surface area contributed by atoms with Crippen molar-refractivity contribution in [3.63, 3.8) is 0 Å². The molecule has 206 valence electrons. The largest absolute Gasteiger partial charge is 0.493 e. The minimum atomic E-state index is 0.153. The molecular weight excluding hydrogens is 498 g/mol. The van der Waals surface area contributed by atoms with Gasteiger partial charge < -0.3 is 19.4 Å². The lowest BCUT2D eigenvalue weighted by Gasteiger charge is -2.34. The maximum absolute atomic E-state index is 12.3. The van der Waals surface area contributed by atoms with Gasteiger partial charge in [-0.15, -0.1) is 0 Å². The molecule has 3 aromatic rings. The fraction of sp³-hybridized carbons (Fsp3) is 0.516. The van der Waals surface area contributed by atoms with Crippen LogP contribution in [0.2, 0.25) is 5.02 Å². The van der Waals surface area contributed by atoms with E-state index in [1.165, 1.54) is 0 Å². The minimum Gasteiger partial charge on any atom is -0.493 e. The van der Waals surface area contributed by atoms with Gasteiger partial charge in [-0.05, 0) is 74.9 Å². The van der Waals surface area contributed by atoms with Crippen LogP contribution in [0.1, 0.15) is 46.5 Å². The van der Waals surface area contributed by atoms with E-state index in [0.29, 0.717) is 19.1 Å². The van der Waals surface area contributed by atoms with E-state index in [9.17, 15) is 4.79 Å². The number of ether oxygens (including phenoxy) is 1. The van der Waals surface area contributed by atoms with Crippen molar-refractivity contribution >= 4 is 28.5 Å². The Kier molecular flexibility index (Phi) is 10.5. The van der Waals surface area contributed by atoms with Crippen LogP contribution in [-0.2, 0) is 4.79 Å². The highest BCUT2D eigenvalue weighted by Crippen LogP contribution is 2.33. The number of hydrogen-bond donors (Lipinski definition) is 1. The van der Waals surface area contributed by atoms with Gasteiger partial charge in [0.25, 0.3) is 0 Å². The Morgan fingerprint density at radius 2 is 1.74 bits per heavy atom. The number of benzene rings is 2. The average Bonchev–Trinajstić information content (AvgIpc) is 3.30. The molecule has 2 aromatic carbocycles. The Morgan fingerprint density at radius 1 is 1.00 bits per heavy atom. The number of unbranched alkanes of at least 4 members (excludes halogenated alkanes) is 2. The Hall–Kier alpha value is -2.54. The standard InChI is InChI=1S/C31H42ClN3O3/c1-23(2)19-24(3)33-31(36)21-35-16-14-34(15-17-35)13-5-4-6-18-37-27-11-12-28-29(22-38-30(28)20-27)25-7-9-26(32)10-8-25/h7-12,20,22-24H,4-6,13-19,21H2,1-3H3,(H,33,36). The molecule has 2 heterocycles. The summed E-state index contributed by atoms with van der Waals surface area (Å²) in [6.07, 6.45) is 6.15. The SMILES string of the molecule is CC(C)CC(C)NC(=O)CN1CCN(CCCCCOc2ccc3c(-c4ccc(Cl)cc4)coc3c2)CC1. The molecule has 1 aliphatic rings. The molecule has 4 rings (SSSR count). The topological polar surface area (TPSA) is 58.0 Å². The molecule has 1 N–H and O–H groups in total. The molecule has 0 saturated carbocycles. The Balaban J connectivity index is 1.09. The highest BCUT2D eigenvalue weighted by atomic mass is 35.5. The van der Waals surface area contributed by atoms with Crippen LogP contribution in [-0.4, -0.2) is 67.6 Å². The molecule has 1 saturated heterocycles. The molecule has 1 fully saturated rings. The monoisotopic (exact) mass is 539 g/mol. The first-order valence-electron chi connectivity index (χ1n) is 14.0. The predicted octanol–water partition coefficient (Wildman–Crippen LogP) is 6.47. The van der Waals surface area contributed by atoms with Crippen LogP contribution in [0.15, 0.2) is 53.1 Å². The zero-order valence-corrected chi connectivity index (χ0v) is 23.8. The third kappa shape index (κ3) is 8.48. The van der Waals surface area contributed by atoms with E-state index in [2.05, 4.69) is 42.0 Å². The van der Waals surface area contributed by atoms with Crippen LogP contribution >= 0.6 is 11.6 Å². The number of carbonyl (C=O) groups excluding carboxylic acids is 1. The summed E-state index contributed by atoms with van der Waals surface area (Å²) >= 11 is 6.02. The molecule has 7 heteroatoms. The van der Waals surface area contributed by atoms with E-state index in [4.69, 9.17) is 20.8 Å². The summed E-state index contributed by atoms with van der Waals surface area (Å²) in [6.45, 7) is 12.8. The number of carbonyl (C=O) groups is 1. The lowest BCUT2D eigenvalue weighted by Crippen LogP contribution is -2.50. The maximum atomic E-state index is 12.3. The first-order chi connectivity index (χ1) is 18.4. The number of amides is 1. The van der Waals surface area contributed by atoms with Crippen LogP contribution in [0.3, 0.4) is 0 Å². The lowest BCUT2D eigenvalue weighted by atomic mass is 10.0. The van der Waals surface area contributed by atoms with E-state index in [1.807, 2.05) is 36.4 Å². The van der Waals surface area contributed by atoms with Crippen molar-refractivity contribution in [1.82, 2.24) is 15.1 Å². The zero-order chi connectivity index (χ0) is 26.9. The molecule has 0 radical (unpaired) electrons. The van der Waals surface area contributed by atoms with Gasteiger partial charge in [0, 0.05) is 54.3 Å². The smallest absolute Gasteiger partial charge is 0.234 e. The molecule has 1 atom stereocenters. The highest BCUT2D eigenvalue weighted by Gasteiger charge is 2.19. The van der Waals surface area contributed by atoms with Gasteiger partial charge in [-0.3, -0.25) is 9.69 Å². The summed E-state index contributed by atoms with van der Waals surface area (Å²) in [5, 5.41) is 4.93. The average molecular weight is 540 g/mol. The highest BCUT2D eigenvalue weighted by molar-refractivity contribution is 6.30. The van der Waals surface area contributed by atoms with Crippen molar-refractivity contribution in [3.05, 3.63) is 53.8 Å². The van der Waals surface area contributed by atoms with E-state index in [1.54, 1.807) is 6.26 Å². The summed E-state index contributed by atoms with van der Waals surface area (Å²) in [5.41, 5.74) is 2.97. The zero-order valence-electron chi connectivity index (χ0n) is 23.0. The first-order valence-corrected chi connectivity index (χ1v) is 14.4. The number of piperazine rings is 1. The van der Waals surface area contributed by atoms with Crippen molar-refractivity contribution in [2.24, 2.45) is 5.92 Å². The van der Waals surface area contributed by atoms with Crippen molar-refractivity contribution < 1.29 is 13.9 Å². The van der Waals surface area contributed by atoms with Crippen LogP contribution in [0.25, 0.3) is 22.1 Å². The molecule has 1 unspecified atom stereocenters. The van der Waals surface area contributed by atoms with Gasteiger partial charge in [0.1, 0.15) is 11.3 Å². The molecule has 0 aliphatic carbocycles. The van der Waals surface area contributed by atoms with Crippen molar-refractivity contribution in [2.75, 3.05) is 45.9 Å². The normalized spacial score (nSPS) is 15.7. The molecular formula is C31H42ClN3O3. The van der Waals surface area contributed by atoms with E-state index in [-0.39, 0.29) is 11.9 Å². The predicted molar refractivity (Wildman–Crippen MR) is 156 cm³/mol. The second kappa shape index (κ2) is 14.0. The third-order valence-corrected chi connectivity index (χ3v) is 7.41. The minimum absolute atomic E-state index is 0.153. The van der Waals surface area contributed by atoms with Crippen molar-refractivity contribution in [1.29, 1.82) is 0 Å². The van der Waals surface area contributed by atoms with E-state index in [0.717, 1.165) is 91.3 Å². The van der Waals surface area contributed by atoms with Crippen LogP contribution < -0.4 is 10.1 Å². The second-order valence-electron chi connectivity index (χ2n) is 10.9. The van der Waals surface area contributed by atoms with Crippen LogP contribution in [0.4, 0.5) is 0 Å². The quantitative estimate of drug-likeness (QED) is 0.252. The van der Waals surface area contributed by atoms with Gasteiger partial charge in [-0.25, -0.2) is 0 Å². The molecule has 1 aliphatic heterocycles. The van der Waals surface area contributed by atoms with Gasteiger partial charge in [0.15, 0.2) is 0 Å². The number of fused-ring (bicyclic) bond motifs is 1. The number of rotatable bonds is 13. The summed E-state index contributed by atoms with van der Waals surface area (Å²) in [4.78, 5) is 17.1. The third-order valence-electron chi connectivity index (χ3n) is 7.15. The van der Waals surface area contributed by atoms with Gasteiger partial charge in [0.2, 0.25) is 5.91 Å². The molecule has 6 nitrogen and oxygen atoms in total. The van der Waals surface area contributed by atoms with Gasteiger partial charge in [-0.1, -0.05) is 37.6 Å². The number of hydrogen-bond acceptors (Lipinski definition) is 5. The van der Waals surface area contributed by atoms with Crippen LogP contribution in [0.5, 0.6) is 5.75 Å². The Bertz CT molecular complexity index is 1150. The van der Waals surface area contributed by atoms with Crippen LogP contribution in [0, 0.1) is 5.92 Å². The maximum Gasteiger partial charge on any atom is 0.234 e. The number of halogens is 1. The summed E-state index contributed by atoms with van der Waals surface area (Å²) < 4.78 is 11.8. The van der Waals surface area contributed by atoms with Crippen molar-refractivity contribution in [2.45, 2.75) is 52.5 Å². The second-order valence-corrected chi connectivity index (χ2v) is 11.4. The first kappa shape index (κ1) is 28.5. The number of nitrogens with zero attached hydrogens (tertiary/aromatic N) is 2. The Labute approximate surface area is 232 Å². The summed E-state index contributed by atoms with van der Waals surface area (Å²) in [5.74, 6) is 1.59. The number of furan rings is 1. The van der Waals surface area contributed by atoms with E-state index < -0.39 is 0 Å². The summed E-state index contributed by atoms with van der Waals surface area (Å²) in [7, 11) is 0. The lowest BCUT2D eigenvalue weighted by molar-refractivity contribution is -0.123. The van der Waals surface area contributed by atoms with Gasteiger partial charge in [-0.2, -0.15) is 0 Å². The molecule has 0 bridgehead atoms. The molecule has 1 aromatic heterocycles. The van der Waals surface area contributed by atoms with Gasteiger partial charge >= 0.3 is 0 Å². The van der Waals surface area contributed by atoms with Gasteiger partial charge in [0.05, 0.1) is 19.4 Å². The van der Waals surface area contributed by atoms with Crippen molar-refractivity contribution in [3.8, 4) is 16.9 Å². The molecule has 38 heavy (non-hydrogen) atoms. The molecule has 0 spiro atoms. The van der Waals surface area contributed by atoms with E-state index >= 15 is 0 Å². The fourth-order valence-electron chi connectivity index (χ4n) is 5.22. The Morgan fingerprint density at radius 3 is 2.47 bits per heavy atom. The molecule has 1 amide bonds. The summed E-state index contributed by atoms with van der Waals surface area (Å²) in [6, 6.07) is 14.1.